The van der Waals surface area contributed by atoms with Crippen LogP contribution in [0.2, 0.25) is 0 Å². The fraction of sp³-hybridized carbons (Fsp3) is 0.375. The predicted molar refractivity (Wildman–Crippen MR) is 126 cm³/mol. The molecule has 0 bridgehead atoms. The van der Waals surface area contributed by atoms with Crippen molar-refractivity contribution in [3.63, 3.8) is 0 Å². The molecule has 36 heavy (non-hydrogen) atoms. The lowest BCUT2D eigenvalue weighted by atomic mass is 9.64. The number of alkyl halides is 3. The highest BCUT2D eigenvalue weighted by atomic mass is 32.1. The number of carbonyl (C=O) groups is 2. The van der Waals surface area contributed by atoms with E-state index in [9.17, 15) is 33.0 Å². The fourth-order valence-electron chi connectivity index (χ4n) is 4.40. The topological polar surface area (TPSA) is 125 Å². The van der Waals surface area contributed by atoms with E-state index in [0.717, 1.165) is 12.3 Å². The first kappa shape index (κ1) is 25.7. The molecular weight excluding hydrogens is 497 g/mol. The number of rotatable bonds is 6. The van der Waals surface area contributed by atoms with Crippen LogP contribution in [0.4, 0.5) is 24.8 Å². The number of nitrogens with zero attached hydrogens (tertiary/aromatic N) is 3. The summed E-state index contributed by atoms with van der Waals surface area (Å²) in [6, 6.07) is 5.70. The van der Waals surface area contributed by atoms with Crippen molar-refractivity contribution in [1.82, 2.24) is 15.0 Å². The van der Waals surface area contributed by atoms with Gasteiger partial charge in [-0.05, 0) is 48.2 Å². The minimum atomic E-state index is -4.62. The zero-order valence-corrected chi connectivity index (χ0v) is 20.2. The Morgan fingerprint density at radius 3 is 2.64 bits per heavy atom. The minimum Gasteiger partial charge on any atom is -0.481 e. The zero-order chi connectivity index (χ0) is 26.3. The van der Waals surface area contributed by atoms with Crippen LogP contribution in [0.15, 0.2) is 36.7 Å². The van der Waals surface area contributed by atoms with Crippen molar-refractivity contribution in [3.8, 4) is 10.4 Å². The first-order valence-electron chi connectivity index (χ1n) is 11.1. The molecule has 2 unspecified atom stereocenters. The Kier molecular flexibility index (Phi) is 6.84. The van der Waals surface area contributed by atoms with Crippen molar-refractivity contribution in [2.24, 2.45) is 11.3 Å². The van der Waals surface area contributed by atoms with E-state index < -0.39 is 35.1 Å². The molecule has 8 nitrogen and oxygen atoms in total. The number of anilines is 2. The smallest absolute Gasteiger partial charge is 0.433 e. The van der Waals surface area contributed by atoms with Crippen LogP contribution in [-0.2, 0) is 22.4 Å². The molecule has 1 aliphatic rings. The van der Waals surface area contributed by atoms with E-state index in [4.69, 9.17) is 0 Å². The first-order chi connectivity index (χ1) is 16.9. The van der Waals surface area contributed by atoms with Crippen LogP contribution < -0.4 is 5.32 Å². The van der Waals surface area contributed by atoms with Gasteiger partial charge in [-0.1, -0.05) is 13.8 Å². The number of carboxylic acids is 1. The average molecular weight is 521 g/mol. The van der Waals surface area contributed by atoms with Gasteiger partial charge < -0.3 is 15.5 Å². The van der Waals surface area contributed by atoms with Crippen molar-refractivity contribution >= 4 is 34.7 Å². The predicted octanol–water partition coefficient (Wildman–Crippen LogP) is 5.03. The number of nitrogens with one attached hydrogen (secondary N) is 1. The van der Waals surface area contributed by atoms with Crippen molar-refractivity contribution in [3.05, 3.63) is 52.9 Å². The third kappa shape index (κ3) is 5.09. The lowest BCUT2D eigenvalue weighted by Gasteiger charge is -2.37. The molecule has 0 spiro atoms. The molecule has 2 aromatic heterocycles. The minimum absolute atomic E-state index is 0.171. The molecular formula is C24H23F3N4O4S. The molecule has 3 aromatic rings. The summed E-state index contributed by atoms with van der Waals surface area (Å²) >= 11 is 1.28. The SMILES string of the molecule is CC1(C)C(=O)C(c2ncc(-c3cc(CO)cc(Nc4nccc(C(F)(F)F)n4)c3)s2)CCC1C(=O)O. The Morgan fingerprint density at radius 1 is 1.22 bits per heavy atom. The molecule has 12 heteroatoms. The van der Waals surface area contributed by atoms with Crippen molar-refractivity contribution in [2.45, 2.75) is 45.4 Å². The monoisotopic (exact) mass is 520 g/mol. The number of carbonyl (C=O) groups excluding carboxylic acids is 1. The summed E-state index contributed by atoms with van der Waals surface area (Å²) in [6.45, 7) is 2.98. The standard InChI is InChI=1S/C24H23F3N4O4S/c1-23(2)16(21(34)35)4-3-15(19(23)33)20-29-10-17(36-20)13-7-12(11-32)8-14(9-13)30-22-28-6-5-18(31-22)24(25,26)27/h5-10,15-16,32H,3-4,11H2,1-2H3,(H,34,35)(H,28,30,31). The second-order valence-electron chi connectivity index (χ2n) is 9.13. The number of halogens is 3. The summed E-state index contributed by atoms with van der Waals surface area (Å²) in [5.74, 6) is -2.69. The van der Waals surface area contributed by atoms with Gasteiger partial charge >= 0.3 is 12.1 Å². The molecule has 0 aliphatic heterocycles. The van der Waals surface area contributed by atoms with Crippen LogP contribution >= 0.6 is 11.3 Å². The molecule has 1 aliphatic carbocycles. The summed E-state index contributed by atoms with van der Waals surface area (Å²) in [5, 5.41) is 22.5. The van der Waals surface area contributed by atoms with Crippen LogP contribution in [0, 0.1) is 11.3 Å². The van der Waals surface area contributed by atoms with Crippen LogP contribution in [0.5, 0.6) is 0 Å². The zero-order valence-electron chi connectivity index (χ0n) is 19.3. The van der Waals surface area contributed by atoms with Gasteiger partial charge in [-0.2, -0.15) is 13.2 Å². The molecule has 0 amide bonds. The summed E-state index contributed by atoms with van der Waals surface area (Å²) in [7, 11) is 0. The van der Waals surface area contributed by atoms with E-state index in [2.05, 4.69) is 20.3 Å². The molecule has 1 fully saturated rings. The largest absolute Gasteiger partial charge is 0.481 e. The van der Waals surface area contributed by atoms with Gasteiger partial charge in [0.25, 0.3) is 0 Å². The molecule has 0 radical (unpaired) electrons. The van der Waals surface area contributed by atoms with Crippen LogP contribution in [0.1, 0.15) is 48.9 Å². The quantitative estimate of drug-likeness (QED) is 0.413. The number of aliphatic carboxylic acids is 1. The number of thiazole rings is 1. The van der Waals surface area contributed by atoms with Gasteiger partial charge in [-0.15, -0.1) is 11.3 Å². The highest BCUT2D eigenvalue weighted by Gasteiger charge is 2.48. The Labute approximate surface area is 208 Å². The molecule has 1 saturated carbocycles. The molecule has 190 valence electrons. The van der Waals surface area contributed by atoms with Gasteiger partial charge in [0.2, 0.25) is 5.95 Å². The number of benzene rings is 1. The first-order valence-corrected chi connectivity index (χ1v) is 11.9. The normalized spacial score (nSPS) is 19.8. The highest BCUT2D eigenvalue weighted by Crippen LogP contribution is 2.46. The van der Waals surface area contributed by atoms with Crippen molar-refractivity contribution in [2.75, 3.05) is 5.32 Å². The Balaban J connectivity index is 1.61. The molecule has 3 N–H and O–H groups in total. The van der Waals surface area contributed by atoms with Crippen LogP contribution in [0.3, 0.4) is 0 Å². The third-order valence-corrected chi connectivity index (χ3v) is 7.51. The lowest BCUT2D eigenvalue weighted by Crippen LogP contribution is -2.44. The number of ketones is 1. The number of aliphatic hydroxyl groups is 1. The Bertz CT molecular complexity index is 1310. The van der Waals surface area contributed by atoms with E-state index in [1.54, 1.807) is 38.2 Å². The molecule has 1 aromatic carbocycles. The lowest BCUT2D eigenvalue weighted by molar-refractivity contribution is -0.154. The van der Waals surface area contributed by atoms with E-state index in [-0.39, 0.29) is 18.3 Å². The van der Waals surface area contributed by atoms with Gasteiger partial charge in [0.1, 0.15) is 16.5 Å². The number of aromatic nitrogens is 3. The Morgan fingerprint density at radius 2 is 1.97 bits per heavy atom. The van der Waals surface area contributed by atoms with Gasteiger partial charge in [0.15, 0.2) is 0 Å². The Hall–Kier alpha value is -3.38. The molecule has 2 heterocycles. The fourth-order valence-corrected chi connectivity index (χ4v) is 5.44. The van der Waals surface area contributed by atoms with Gasteiger partial charge in [-0.3, -0.25) is 9.59 Å². The summed E-state index contributed by atoms with van der Waals surface area (Å²) in [5.41, 5.74) is -0.623. The maximum absolute atomic E-state index is 13.1. The molecule has 2 atom stereocenters. The average Bonchev–Trinajstić information content (AvgIpc) is 3.30. The van der Waals surface area contributed by atoms with Crippen molar-refractivity contribution in [1.29, 1.82) is 0 Å². The third-order valence-electron chi connectivity index (χ3n) is 6.35. The van der Waals surface area contributed by atoms with Gasteiger partial charge in [0.05, 0.1) is 23.3 Å². The van der Waals surface area contributed by atoms with E-state index in [0.29, 0.717) is 39.5 Å². The van der Waals surface area contributed by atoms with Crippen molar-refractivity contribution < 1.29 is 33.0 Å². The summed E-state index contributed by atoms with van der Waals surface area (Å²) < 4.78 is 39.0. The second-order valence-corrected chi connectivity index (χ2v) is 10.2. The highest BCUT2D eigenvalue weighted by molar-refractivity contribution is 7.15. The number of carboxylic acid groups (broad SMARTS) is 1. The van der Waals surface area contributed by atoms with E-state index in [1.807, 2.05) is 0 Å². The molecule has 0 saturated heterocycles. The van der Waals surface area contributed by atoms with E-state index >= 15 is 0 Å². The van der Waals surface area contributed by atoms with E-state index in [1.165, 1.54) is 11.3 Å². The number of Topliss-reactive ketones (excluding diaryl/α,β-unsaturated/α-hetero) is 1. The molecule has 4 rings (SSSR count). The van der Waals surface area contributed by atoms with Gasteiger partial charge in [-0.25, -0.2) is 15.0 Å². The summed E-state index contributed by atoms with van der Waals surface area (Å²) in [4.78, 5) is 37.2. The number of aliphatic hydroxyl groups excluding tert-OH is 1. The maximum atomic E-state index is 13.1. The van der Waals surface area contributed by atoms with Crippen LogP contribution in [0.25, 0.3) is 10.4 Å². The number of hydrogen-bond donors (Lipinski definition) is 3. The number of hydrogen-bond acceptors (Lipinski definition) is 8. The maximum Gasteiger partial charge on any atom is 0.433 e. The van der Waals surface area contributed by atoms with Crippen LogP contribution in [-0.4, -0.2) is 36.9 Å². The van der Waals surface area contributed by atoms with Gasteiger partial charge in [0, 0.05) is 23.5 Å². The second kappa shape index (κ2) is 9.58. The summed E-state index contributed by atoms with van der Waals surface area (Å²) in [6.07, 6.45) is -1.29.